The number of nitrogens with zero attached hydrogens (tertiary/aromatic N) is 2. The Morgan fingerprint density at radius 3 is 2.34 bits per heavy atom. The molecule has 32 heavy (non-hydrogen) atoms. The SMILES string of the molecule is NC(=O)CN(Cc1ccc(OCc2ccccc2)cc1)C(=O)c1cccn1C1CCCC1. The smallest absolute Gasteiger partial charge is 0.271 e. The van der Waals surface area contributed by atoms with Crippen molar-refractivity contribution in [1.29, 1.82) is 0 Å². The minimum Gasteiger partial charge on any atom is -0.489 e. The van der Waals surface area contributed by atoms with Gasteiger partial charge >= 0.3 is 0 Å². The molecule has 0 saturated heterocycles. The molecule has 1 fully saturated rings. The number of benzene rings is 2. The number of hydrogen-bond donors (Lipinski definition) is 1. The fourth-order valence-corrected chi connectivity index (χ4v) is 4.28. The van der Waals surface area contributed by atoms with Crippen LogP contribution in [0.25, 0.3) is 0 Å². The summed E-state index contributed by atoms with van der Waals surface area (Å²) in [6.45, 7) is 0.669. The number of carbonyl (C=O) groups excluding carboxylic acids is 2. The van der Waals surface area contributed by atoms with Gasteiger partial charge in [0.1, 0.15) is 24.6 Å². The Bertz CT molecular complexity index is 1040. The summed E-state index contributed by atoms with van der Waals surface area (Å²) in [4.78, 5) is 26.5. The summed E-state index contributed by atoms with van der Waals surface area (Å²) in [7, 11) is 0. The fraction of sp³-hybridized carbons (Fsp3) is 0.308. The van der Waals surface area contributed by atoms with E-state index in [4.69, 9.17) is 10.5 Å². The van der Waals surface area contributed by atoms with Crippen molar-refractivity contribution in [3.05, 3.63) is 89.7 Å². The Balaban J connectivity index is 1.44. The highest BCUT2D eigenvalue weighted by molar-refractivity contribution is 5.95. The molecule has 1 heterocycles. The minimum absolute atomic E-state index is 0.124. The Labute approximate surface area is 188 Å². The Hall–Kier alpha value is -3.54. The zero-order valence-electron chi connectivity index (χ0n) is 18.2. The molecule has 1 saturated carbocycles. The predicted octanol–water partition coefficient (Wildman–Crippen LogP) is 4.31. The monoisotopic (exact) mass is 431 g/mol. The molecule has 2 aromatic carbocycles. The highest BCUT2D eigenvalue weighted by Gasteiger charge is 2.25. The first-order valence-corrected chi connectivity index (χ1v) is 11.1. The van der Waals surface area contributed by atoms with Gasteiger partial charge in [-0.25, -0.2) is 0 Å². The summed E-state index contributed by atoms with van der Waals surface area (Å²) in [6.07, 6.45) is 6.48. The Kier molecular flexibility index (Phi) is 6.90. The van der Waals surface area contributed by atoms with Crippen LogP contribution in [0.2, 0.25) is 0 Å². The number of hydrogen-bond acceptors (Lipinski definition) is 3. The fourth-order valence-electron chi connectivity index (χ4n) is 4.28. The van der Waals surface area contributed by atoms with Gasteiger partial charge in [-0.15, -0.1) is 0 Å². The molecule has 6 nitrogen and oxygen atoms in total. The van der Waals surface area contributed by atoms with Crippen LogP contribution in [0, 0.1) is 0 Å². The third-order valence-corrected chi connectivity index (χ3v) is 5.90. The average Bonchev–Trinajstić information content (AvgIpc) is 3.50. The molecule has 166 valence electrons. The summed E-state index contributed by atoms with van der Waals surface area (Å²) in [5.74, 6) is 0.0470. The van der Waals surface area contributed by atoms with Gasteiger partial charge in [0.15, 0.2) is 0 Å². The summed E-state index contributed by atoms with van der Waals surface area (Å²) in [5, 5.41) is 0. The number of carbonyl (C=O) groups is 2. The van der Waals surface area contributed by atoms with Crippen molar-refractivity contribution >= 4 is 11.8 Å². The van der Waals surface area contributed by atoms with Gasteiger partial charge in [0.25, 0.3) is 5.91 Å². The number of nitrogens with two attached hydrogens (primary N) is 1. The van der Waals surface area contributed by atoms with Crippen molar-refractivity contribution in [3.63, 3.8) is 0 Å². The molecule has 1 aliphatic rings. The lowest BCUT2D eigenvalue weighted by Gasteiger charge is -2.24. The second kappa shape index (κ2) is 10.2. The van der Waals surface area contributed by atoms with Crippen LogP contribution >= 0.6 is 0 Å². The predicted molar refractivity (Wildman–Crippen MR) is 123 cm³/mol. The second-order valence-corrected chi connectivity index (χ2v) is 8.28. The topological polar surface area (TPSA) is 77.6 Å². The molecule has 0 spiro atoms. The highest BCUT2D eigenvalue weighted by Crippen LogP contribution is 2.31. The van der Waals surface area contributed by atoms with Crippen LogP contribution in [0.5, 0.6) is 5.75 Å². The normalized spacial score (nSPS) is 13.8. The lowest BCUT2D eigenvalue weighted by molar-refractivity contribution is -0.118. The van der Waals surface area contributed by atoms with Crippen molar-refractivity contribution in [2.75, 3.05) is 6.54 Å². The van der Waals surface area contributed by atoms with E-state index in [2.05, 4.69) is 4.57 Å². The zero-order valence-corrected chi connectivity index (χ0v) is 18.2. The van der Waals surface area contributed by atoms with E-state index in [0.717, 1.165) is 29.7 Å². The lowest BCUT2D eigenvalue weighted by atomic mass is 10.2. The molecule has 3 aromatic rings. The second-order valence-electron chi connectivity index (χ2n) is 8.28. The van der Waals surface area contributed by atoms with E-state index in [0.29, 0.717) is 24.9 Å². The molecule has 0 unspecified atom stereocenters. The van der Waals surface area contributed by atoms with Gasteiger partial charge in [-0.1, -0.05) is 55.3 Å². The molecule has 4 rings (SSSR count). The van der Waals surface area contributed by atoms with Gasteiger partial charge in [0.2, 0.25) is 5.91 Å². The van der Waals surface area contributed by atoms with Crippen LogP contribution in [0.15, 0.2) is 72.9 Å². The molecule has 0 bridgehead atoms. The van der Waals surface area contributed by atoms with Crippen LogP contribution in [0.4, 0.5) is 0 Å². The van der Waals surface area contributed by atoms with Crippen LogP contribution in [-0.2, 0) is 17.9 Å². The van der Waals surface area contributed by atoms with E-state index in [1.54, 1.807) is 0 Å². The van der Waals surface area contributed by atoms with Crippen LogP contribution in [0.1, 0.15) is 53.3 Å². The minimum atomic E-state index is -0.528. The maximum atomic E-state index is 13.3. The molecular formula is C26H29N3O3. The van der Waals surface area contributed by atoms with Gasteiger partial charge in [-0.3, -0.25) is 9.59 Å². The van der Waals surface area contributed by atoms with Crippen molar-refractivity contribution < 1.29 is 14.3 Å². The number of primary amides is 1. The van der Waals surface area contributed by atoms with E-state index < -0.39 is 5.91 Å². The van der Waals surface area contributed by atoms with Crippen LogP contribution in [-0.4, -0.2) is 27.8 Å². The third-order valence-electron chi connectivity index (χ3n) is 5.90. The first-order valence-electron chi connectivity index (χ1n) is 11.1. The summed E-state index contributed by atoms with van der Waals surface area (Å²) in [6, 6.07) is 21.6. The van der Waals surface area contributed by atoms with Gasteiger partial charge in [-0.2, -0.15) is 0 Å². The third kappa shape index (κ3) is 5.38. The molecule has 1 aliphatic carbocycles. The van der Waals surface area contributed by atoms with Gasteiger partial charge in [0, 0.05) is 18.8 Å². The Morgan fingerprint density at radius 1 is 0.938 bits per heavy atom. The summed E-state index contributed by atoms with van der Waals surface area (Å²) < 4.78 is 7.90. The van der Waals surface area contributed by atoms with E-state index in [-0.39, 0.29) is 12.5 Å². The van der Waals surface area contributed by atoms with Crippen molar-refractivity contribution in [2.45, 2.75) is 44.9 Å². The quantitative estimate of drug-likeness (QED) is 0.548. The van der Waals surface area contributed by atoms with Gasteiger partial charge in [-0.05, 0) is 48.2 Å². The summed E-state index contributed by atoms with van der Waals surface area (Å²) >= 11 is 0. The maximum Gasteiger partial charge on any atom is 0.271 e. The largest absolute Gasteiger partial charge is 0.489 e. The standard InChI is InChI=1S/C26H29N3O3/c27-25(30)18-28(26(31)24-11-6-16-29(24)22-9-4-5-10-22)17-20-12-14-23(15-13-20)32-19-21-7-2-1-3-8-21/h1-3,6-8,11-16,22H,4-5,9-10,17-19H2,(H2,27,30). The van der Waals surface area contributed by atoms with E-state index in [1.807, 2.05) is 72.9 Å². The van der Waals surface area contributed by atoms with Crippen LogP contribution in [0.3, 0.4) is 0 Å². The first kappa shape index (κ1) is 21.7. The molecule has 0 atom stereocenters. The maximum absolute atomic E-state index is 13.3. The highest BCUT2D eigenvalue weighted by atomic mass is 16.5. The molecule has 2 N–H and O–H groups in total. The first-order chi connectivity index (χ1) is 15.6. The molecular weight excluding hydrogens is 402 g/mol. The van der Waals surface area contributed by atoms with Crippen molar-refractivity contribution in [2.24, 2.45) is 5.73 Å². The summed E-state index contributed by atoms with van der Waals surface area (Å²) in [5.41, 5.74) is 8.07. The zero-order chi connectivity index (χ0) is 22.3. The van der Waals surface area contributed by atoms with Crippen LogP contribution < -0.4 is 10.5 Å². The molecule has 0 aliphatic heterocycles. The average molecular weight is 432 g/mol. The van der Waals surface area contributed by atoms with Gasteiger partial charge in [0.05, 0.1) is 0 Å². The molecule has 0 radical (unpaired) electrons. The lowest BCUT2D eigenvalue weighted by Crippen LogP contribution is -2.39. The van der Waals surface area contributed by atoms with Gasteiger partial charge < -0.3 is 19.9 Å². The number of ether oxygens (including phenoxy) is 1. The number of rotatable bonds is 9. The number of amides is 2. The molecule has 2 amide bonds. The van der Waals surface area contributed by atoms with E-state index >= 15 is 0 Å². The molecule has 1 aromatic heterocycles. The van der Waals surface area contributed by atoms with E-state index in [1.165, 1.54) is 17.7 Å². The van der Waals surface area contributed by atoms with E-state index in [9.17, 15) is 9.59 Å². The Morgan fingerprint density at radius 2 is 1.66 bits per heavy atom. The molecule has 6 heteroatoms. The van der Waals surface area contributed by atoms with Crippen molar-refractivity contribution in [3.8, 4) is 5.75 Å². The number of aromatic nitrogens is 1. The van der Waals surface area contributed by atoms with Crippen molar-refractivity contribution in [1.82, 2.24) is 9.47 Å².